The molecule has 1 aromatic rings. The molecule has 0 amide bonds. The van der Waals surface area contributed by atoms with Crippen LogP contribution in [0.15, 0.2) is 24.4 Å². The van der Waals surface area contributed by atoms with Crippen molar-refractivity contribution < 1.29 is 15.0 Å². The first-order chi connectivity index (χ1) is 5.79. The first kappa shape index (κ1) is 10.6. The van der Waals surface area contributed by atoms with Gasteiger partial charge in [-0.15, -0.1) is 0 Å². The van der Waals surface area contributed by atoms with Gasteiger partial charge in [-0.2, -0.15) is 0 Å². The van der Waals surface area contributed by atoms with Gasteiger partial charge in [0.05, 0.1) is 12.1 Å². The quantitative estimate of drug-likeness (QED) is 0.668. The molecule has 0 bridgehead atoms. The highest BCUT2D eigenvalue weighted by molar-refractivity contribution is 5.69. The fraction of sp³-hybridized carbons (Fsp3) is 0.250. The second-order valence-corrected chi connectivity index (χ2v) is 1.89. The van der Waals surface area contributed by atoms with Crippen LogP contribution in [0.5, 0.6) is 0 Å². The van der Waals surface area contributed by atoms with Gasteiger partial charge < -0.3 is 10.2 Å². The van der Waals surface area contributed by atoms with Crippen molar-refractivity contribution in [3.63, 3.8) is 0 Å². The molecule has 66 valence electrons. The number of pyridine rings is 1. The fourth-order valence-electron chi connectivity index (χ4n) is 0.658. The molecule has 0 saturated carbocycles. The lowest BCUT2D eigenvalue weighted by Crippen LogP contribution is -2.01. The third kappa shape index (κ3) is 4.40. The third-order valence-corrected chi connectivity index (χ3v) is 1.06. The van der Waals surface area contributed by atoms with E-state index in [4.69, 9.17) is 10.2 Å². The predicted molar refractivity (Wildman–Crippen MR) is 43.7 cm³/mol. The van der Waals surface area contributed by atoms with E-state index in [1.807, 2.05) is 0 Å². The molecule has 2 N–H and O–H groups in total. The Morgan fingerprint density at radius 2 is 2.17 bits per heavy atom. The Morgan fingerprint density at radius 1 is 1.50 bits per heavy atom. The number of aliphatic hydroxyl groups excluding tert-OH is 1. The normalized spacial score (nSPS) is 8.17. The zero-order chi connectivity index (χ0) is 9.40. The summed E-state index contributed by atoms with van der Waals surface area (Å²) in [6.45, 7) is 0. The summed E-state index contributed by atoms with van der Waals surface area (Å²) in [6, 6.07) is 5.21. The van der Waals surface area contributed by atoms with Gasteiger partial charge in [0, 0.05) is 13.3 Å². The van der Waals surface area contributed by atoms with Crippen LogP contribution in [0.25, 0.3) is 0 Å². The van der Waals surface area contributed by atoms with Crippen LogP contribution in [0, 0.1) is 0 Å². The van der Waals surface area contributed by atoms with Crippen molar-refractivity contribution in [3.05, 3.63) is 30.1 Å². The van der Waals surface area contributed by atoms with Crippen molar-refractivity contribution in [3.8, 4) is 0 Å². The van der Waals surface area contributed by atoms with Gasteiger partial charge in [-0.25, -0.2) is 0 Å². The molecule has 0 saturated heterocycles. The number of carboxylic acids is 1. The summed E-state index contributed by atoms with van der Waals surface area (Å²) in [6.07, 6.45) is 1.58. The number of carbonyl (C=O) groups is 1. The van der Waals surface area contributed by atoms with Crippen LogP contribution in [0.3, 0.4) is 0 Å². The van der Waals surface area contributed by atoms with E-state index in [1.54, 1.807) is 24.4 Å². The summed E-state index contributed by atoms with van der Waals surface area (Å²) < 4.78 is 0. The first-order valence-electron chi connectivity index (χ1n) is 3.35. The lowest BCUT2D eigenvalue weighted by molar-refractivity contribution is -0.136. The number of aliphatic hydroxyl groups is 1. The molecule has 0 aliphatic rings. The smallest absolute Gasteiger partial charge is 0.309 e. The van der Waals surface area contributed by atoms with Crippen molar-refractivity contribution in [2.24, 2.45) is 0 Å². The summed E-state index contributed by atoms with van der Waals surface area (Å²) in [5.41, 5.74) is 0.593. The van der Waals surface area contributed by atoms with Gasteiger partial charge in [-0.1, -0.05) is 6.07 Å². The second kappa shape index (κ2) is 6.30. The number of rotatable bonds is 2. The molecule has 0 atom stereocenters. The highest BCUT2D eigenvalue weighted by Gasteiger charge is 1.98. The summed E-state index contributed by atoms with van der Waals surface area (Å²) in [4.78, 5) is 14.0. The Kier molecular flexibility index (Phi) is 5.55. The van der Waals surface area contributed by atoms with E-state index in [1.165, 1.54) is 0 Å². The molecule has 0 spiro atoms. The van der Waals surface area contributed by atoms with Crippen molar-refractivity contribution in [1.82, 2.24) is 4.98 Å². The largest absolute Gasteiger partial charge is 0.481 e. The molecule has 0 fully saturated rings. The van der Waals surface area contributed by atoms with Crippen molar-refractivity contribution >= 4 is 5.97 Å². The van der Waals surface area contributed by atoms with E-state index in [-0.39, 0.29) is 6.42 Å². The first-order valence-corrected chi connectivity index (χ1v) is 3.35. The number of carboxylic acid groups (broad SMARTS) is 1. The van der Waals surface area contributed by atoms with E-state index in [0.717, 1.165) is 7.11 Å². The van der Waals surface area contributed by atoms with E-state index < -0.39 is 5.97 Å². The van der Waals surface area contributed by atoms with E-state index >= 15 is 0 Å². The molecular formula is C8H11NO3. The minimum Gasteiger partial charge on any atom is -0.481 e. The van der Waals surface area contributed by atoms with Crippen LogP contribution in [0.4, 0.5) is 0 Å². The highest BCUT2D eigenvalue weighted by Crippen LogP contribution is 1.93. The standard InChI is InChI=1S/C7H7NO2.CH4O/c9-7(10)5-6-3-1-2-4-8-6;1-2/h1-4H,5H2,(H,9,10);2H,1H3. The molecular weight excluding hydrogens is 158 g/mol. The Balaban J connectivity index is 0.000000561. The van der Waals surface area contributed by atoms with Crippen LogP contribution in [0.1, 0.15) is 5.69 Å². The van der Waals surface area contributed by atoms with Gasteiger partial charge in [0.1, 0.15) is 0 Å². The highest BCUT2D eigenvalue weighted by atomic mass is 16.4. The van der Waals surface area contributed by atoms with Gasteiger partial charge in [-0.05, 0) is 12.1 Å². The predicted octanol–water partition coefficient (Wildman–Crippen LogP) is 0.317. The number of hydrogen-bond acceptors (Lipinski definition) is 3. The molecule has 4 heteroatoms. The van der Waals surface area contributed by atoms with E-state index in [9.17, 15) is 4.79 Å². The van der Waals surface area contributed by atoms with Gasteiger partial charge in [0.25, 0.3) is 0 Å². The van der Waals surface area contributed by atoms with E-state index in [2.05, 4.69) is 4.98 Å². The Morgan fingerprint density at radius 3 is 2.58 bits per heavy atom. The molecule has 12 heavy (non-hydrogen) atoms. The van der Waals surface area contributed by atoms with Crippen LogP contribution in [-0.2, 0) is 11.2 Å². The average Bonchev–Trinajstić information content (AvgIpc) is 2.08. The maximum atomic E-state index is 10.1. The maximum absolute atomic E-state index is 10.1. The van der Waals surface area contributed by atoms with Crippen molar-refractivity contribution in [1.29, 1.82) is 0 Å². The third-order valence-electron chi connectivity index (χ3n) is 1.06. The molecule has 4 nitrogen and oxygen atoms in total. The van der Waals surface area contributed by atoms with Gasteiger partial charge in [-0.3, -0.25) is 9.78 Å². The minimum atomic E-state index is -0.848. The number of aliphatic carboxylic acids is 1. The Bertz CT molecular complexity index is 223. The lowest BCUT2D eigenvalue weighted by atomic mass is 10.3. The summed E-state index contributed by atoms with van der Waals surface area (Å²) in [5.74, 6) is -0.848. The second-order valence-electron chi connectivity index (χ2n) is 1.89. The van der Waals surface area contributed by atoms with E-state index in [0.29, 0.717) is 5.69 Å². The van der Waals surface area contributed by atoms with Crippen molar-refractivity contribution in [2.75, 3.05) is 7.11 Å². The van der Waals surface area contributed by atoms with Crippen molar-refractivity contribution in [2.45, 2.75) is 6.42 Å². The number of aromatic nitrogens is 1. The fourth-order valence-corrected chi connectivity index (χ4v) is 0.658. The lowest BCUT2D eigenvalue weighted by Gasteiger charge is -1.91. The molecule has 0 aliphatic heterocycles. The molecule has 0 unspecified atom stereocenters. The zero-order valence-electron chi connectivity index (χ0n) is 6.77. The van der Waals surface area contributed by atoms with Crippen LogP contribution in [0.2, 0.25) is 0 Å². The molecule has 1 rings (SSSR count). The van der Waals surface area contributed by atoms with Gasteiger partial charge in [0.15, 0.2) is 0 Å². The molecule has 0 aromatic carbocycles. The molecule has 0 aliphatic carbocycles. The van der Waals surface area contributed by atoms with Crippen LogP contribution >= 0.6 is 0 Å². The summed E-state index contributed by atoms with van der Waals surface area (Å²) in [7, 11) is 1.00. The number of nitrogens with zero attached hydrogens (tertiary/aromatic N) is 1. The average molecular weight is 169 g/mol. The molecule has 1 heterocycles. The number of hydrogen-bond donors (Lipinski definition) is 2. The van der Waals surface area contributed by atoms with Crippen LogP contribution < -0.4 is 0 Å². The van der Waals surface area contributed by atoms with Crippen LogP contribution in [-0.4, -0.2) is 28.3 Å². The Labute approximate surface area is 70.5 Å². The maximum Gasteiger partial charge on any atom is 0.309 e. The Hall–Kier alpha value is -1.42. The topological polar surface area (TPSA) is 70.4 Å². The molecule has 1 aromatic heterocycles. The van der Waals surface area contributed by atoms with Gasteiger partial charge >= 0.3 is 5.97 Å². The zero-order valence-corrected chi connectivity index (χ0v) is 6.77. The minimum absolute atomic E-state index is 0.000833. The summed E-state index contributed by atoms with van der Waals surface area (Å²) >= 11 is 0. The summed E-state index contributed by atoms with van der Waals surface area (Å²) in [5, 5.41) is 15.3. The molecule has 0 radical (unpaired) electrons. The monoisotopic (exact) mass is 169 g/mol. The van der Waals surface area contributed by atoms with Gasteiger partial charge in [0.2, 0.25) is 0 Å². The SMILES string of the molecule is CO.O=C(O)Cc1ccccn1.